The highest BCUT2D eigenvalue weighted by Gasteiger charge is 2.16. The Morgan fingerprint density at radius 3 is 2.29 bits per heavy atom. The molecule has 0 radical (unpaired) electrons. The molecule has 0 aliphatic carbocycles. The van der Waals surface area contributed by atoms with Crippen LogP contribution in [0.25, 0.3) is 22.2 Å². The SMILES string of the molecule is COc1ccc(-c2cc(C(=O)Nc3cc(Cl)cc(Cl)c3)c3ccccc3n2)cc1OC. The van der Waals surface area contributed by atoms with Crippen molar-refractivity contribution in [1.29, 1.82) is 0 Å². The molecule has 7 heteroatoms. The van der Waals surface area contributed by atoms with E-state index in [1.165, 1.54) is 0 Å². The first-order chi connectivity index (χ1) is 15.0. The Labute approximate surface area is 189 Å². The molecule has 0 bridgehead atoms. The summed E-state index contributed by atoms with van der Waals surface area (Å²) in [5.74, 6) is 0.899. The molecule has 0 unspecified atom stereocenters. The molecule has 1 heterocycles. The Hall–Kier alpha value is -3.28. The summed E-state index contributed by atoms with van der Waals surface area (Å²) in [7, 11) is 3.15. The summed E-state index contributed by atoms with van der Waals surface area (Å²) in [5, 5.41) is 4.48. The third-order valence-corrected chi connectivity index (χ3v) is 5.20. The molecule has 156 valence electrons. The predicted octanol–water partition coefficient (Wildman–Crippen LogP) is 6.48. The van der Waals surface area contributed by atoms with Crippen LogP contribution in [0.2, 0.25) is 10.0 Å². The number of pyridine rings is 1. The van der Waals surface area contributed by atoms with Crippen LogP contribution < -0.4 is 14.8 Å². The van der Waals surface area contributed by atoms with E-state index in [4.69, 9.17) is 37.7 Å². The van der Waals surface area contributed by atoms with Crippen LogP contribution in [0.4, 0.5) is 5.69 Å². The number of halogens is 2. The van der Waals surface area contributed by atoms with Crippen LogP contribution in [-0.4, -0.2) is 25.1 Å². The smallest absolute Gasteiger partial charge is 0.256 e. The fourth-order valence-corrected chi connectivity index (χ4v) is 3.86. The van der Waals surface area contributed by atoms with Crippen LogP contribution in [0.15, 0.2) is 66.7 Å². The summed E-state index contributed by atoms with van der Waals surface area (Å²) in [6, 6.07) is 19.6. The van der Waals surface area contributed by atoms with E-state index in [0.29, 0.717) is 44.0 Å². The minimum Gasteiger partial charge on any atom is -0.493 e. The zero-order valence-corrected chi connectivity index (χ0v) is 18.3. The van der Waals surface area contributed by atoms with Crippen LogP contribution in [0, 0.1) is 0 Å². The molecule has 4 rings (SSSR count). The number of benzene rings is 3. The van der Waals surface area contributed by atoms with Gasteiger partial charge in [-0.25, -0.2) is 4.98 Å². The summed E-state index contributed by atoms with van der Waals surface area (Å²) >= 11 is 12.1. The number of carbonyl (C=O) groups excluding carboxylic acids is 1. The third kappa shape index (κ3) is 4.43. The Kier molecular flexibility index (Phi) is 5.98. The van der Waals surface area contributed by atoms with Crippen molar-refractivity contribution in [1.82, 2.24) is 4.98 Å². The van der Waals surface area contributed by atoms with Gasteiger partial charge in [-0.1, -0.05) is 41.4 Å². The largest absolute Gasteiger partial charge is 0.493 e. The molecule has 0 fully saturated rings. The van der Waals surface area contributed by atoms with Crippen molar-refractivity contribution < 1.29 is 14.3 Å². The molecule has 0 aliphatic heterocycles. The van der Waals surface area contributed by atoms with Crippen LogP contribution in [0.5, 0.6) is 11.5 Å². The maximum atomic E-state index is 13.2. The van der Waals surface area contributed by atoms with E-state index in [-0.39, 0.29) is 5.91 Å². The average molecular weight is 453 g/mol. The minimum absolute atomic E-state index is 0.293. The van der Waals surface area contributed by atoms with Gasteiger partial charge in [-0.15, -0.1) is 0 Å². The van der Waals surface area contributed by atoms with Crippen molar-refractivity contribution in [3.05, 3.63) is 82.3 Å². The quantitative estimate of drug-likeness (QED) is 0.376. The van der Waals surface area contributed by atoms with Crippen LogP contribution in [0.1, 0.15) is 10.4 Å². The zero-order valence-electron chi connectivity index (χ0n) is 16.8. The van der Waals surface area contributed by atoms with Crippen LogP contribution >= 0.6 is 23.2 Å². The van der Waals surface area contributed by atoms with Gasteiger partial charge in [0.15, 0.2) is 11.5 Å². The van der Waals surface area contributed by atoms with Gasteiger partial charge in [0.1, 0.15) is 0 Å². The summed E-state index contributed by atoms with van der Waals surface area (Å²) < 4.78 is 10.7. The fourth-order valence-electron chi connectivity index (χ4n) is 3.33. The molecule has 0 spiro atoms. The molecule has 3 aromatic carbocycles. The van der Waals surface area contributed by atoms with Crippen molar-refractivity contribution >= 4 is 45.7 Å². The van der Waals surface area contributed by atoms with E-state index < -0.39 is 0 Å². The van der Waals surface area contributed by atoms with Gasteiger partial charge in [-0.3, -0.25) is 4.79 Å². The van der Waals surface area contributed by atoms with E-state index in [1.807, 2.05) is 36.4 Å². The molecule has 0 atom stereocenters. The first kappa shape index (κ1) is 21.0. The van der Waals surface area contributed by atoms with Gasteiger partial charge in [0, 0.05) is 26.7 Å². The maximum Gasteiger partial charge on any atom is 0.256 e. The lowest BCUT2D eigenvalue weighted by Gasteiger charge is -2.13. The number of nitrogens with one attached hydrogen (secondary N) is 1. The second-order valence-electron chi connectivity index (χ2n) is 6.75. The number of hydrogen-bond acceptors (Lipinski definition) is 4. The van der Waals surface area contributed by atoms with Gasteiger partial charge < -0.3 is 14.8 Å². The number of anilines is 1. The molecule has 1 aromatic heterocycles. The van der Waals surface area contributed by atoms with E-state index in [0.717, 1.165) is 10.9 Å². The van der Waals surface area contributed by atoms with Crippen LogP contribution in [0.3, 0.4) is 0 Å². The van der Waals surface area contributed by atoms with E-state index in [9.17, 15) is 4.79 Å². The van der Waals surface area contributed by atoms with Crippen molar-refractivity contribution in [3.63, 3.8) is 0 Å². The molecule has 5 nitrogen and oxygen atoms in total. The number of ether oxygens (including phenoxy) is 2. The first-order valence-electron chi connectivity index (χ1n) is 9.38. The lowest BCUT2D eigenvalue weighted by Crippen LogP contribution is -2.13. The number of amides is 1. The molecule has 1 N–H and O–H groups in total. The van der Waals surface area contributed by atoms with Gasteiger partial charge in [0.2, 0.25) is 0 Å². The second-order valence-corrected chi connectivity index (χ2v) is 7.63. The number of rotatable bonds is 5. The van der Waals surface area contributed by atoms with E-state index in [1.54, 1.807) is 44.6 Å². The van der Waals surface area contributed by atoms with Crippen molar-refractivity contribution in [2.45, 2.75) is 0 Å². The molecule has 0 saturated heterocycles. The number of aromatic nitrogens is 1. The number of hydrogen-bond donors (Lipinski definition) is 1. The summed E-state index contributed by atoms with van der Waals surface area (Å²) in [6.45, 7) is 0. The van der Waals surface area contributed by atoms with Crippen molar-refractivity contribution in [3.8, 4) is 22.8 Å². The summed E-state index contributed by atoms with van der Waals surface area (Å²) in [5.41, 5.74) is 3.11. The number of carbonyl (C=O) groups is 1. The molecule has 4 aromatic rings. The number of methoxy groups -OCH3 is 2. The zero-order chi connectivity index (χ0) is 22.0. The van der Waals surface area contributed by atoms with E-state index >= 15 is 0 Å². The minimum atomic E-state index is -0.293. The van der Waals surface area contributed by atoms with Gasteiger partial charge in [0.25, 0.3) is 5.91 Å². The topological polar surface area (TPSA) is 60.5 Å². The Balaban J connectivity index is 1.81. The highest BCUT2D eigenvalue weighted by atomic mass is 35.5. The van der Waals surface area contributed by atoms with E-state index in [2.05, 4.69) is 5.32 Å². The average Bonchev–Trinajstić information content (AvgIpc) is 2.77. The van der Waals surface area contributed by atoms with Gasteiger partial charge in [-0.05, 0) is 48.5 Å². The lowest BCUT2D eigenvalue weighted by molar-refractivity contribution is 0.102. The molecule has 0 saturated carbocycles. The normalized spacial score (nSPS) is 10.7. The van der Waals surface area contributed by atoms with Gasteiger partial charge in [0.05, 0.1) is 31.0 Å². The second kappa shape index (κ2) is 8.84. The van der Waals surface area contributed by atoms with Crippen LogP contribution in [-0.2, 0) is 0 Å². The highest BCUT2D eigenvalue weighted by Crippen LogP contribution is 2.33. The number of fused-ring (bicyclic) bond motifs is 1. The molecule has 0 aliphatic rings. The summed E-state index contributed by atoms with van der Waals surface area (Å²) in [6.07, 6.45) is 0. The van der Waals surface area contributed by atoms with Crippen molar-refractivity contribution in [2.24, 2.45) is 0 Å². The number of para-hydroxylation sites is 1. The molecular formula is C24H18Cl2N2O3. The summed E-state index contributed by atoms with van der Waals surface area (Å²) in [4.78, 5) is 17.9. The van der Waals surface area contributed by atoms with Gasteiger partial charge >= 0.3 is 0 Å². The third-order valence-electron chi connectivity index (χ3n) is 4.76. The Bertz CT molecular complexity index is 1270. The lowest BCUT2D eigenvalue weighted by atomic mass is 10.0. The molecule has 1 amide bonds. The maximum absolute atomic E-state index is 13.2. The first-order valence-corrected chi connectivity index (χ1v) is 10.1. The van der Waals surface area contributed by atoms with Crippen molar-refractivity contribution in [2.75, 3.05) is 19.5 Å². The fraction of sp³-hybridized carbons (Fsp3) is 0.0833. The number of nitrogens with zero attached hydrogens (tertiary/aromatic N) is 1. The Morgan fingerprint density at radius 1 is 0.871 bits per heavy atom. The predicted molar refractivity (Wildman–Crippen MR) is 125 cm³/mol. The standard InChI is InChI=1S/C24H18Cl2N2O3/c1-30-22-8-7-14(9-23(22)31-2)21-13-19(18-5-3-4-6-20(18)28-21)24(29)27-17-11-15(25)10-16(26)12-17/h3-13H,1-2H3,(H,27,29). The molecule has 31 heavy (non-hydrogen) atoms. The van der Waals surface area contributed by atoms with Gasteiger partial charge in [-0.2, -0.15) is 0 Å². The highest BCUT2D eigenvalue weighted by molar-refractivity contribution is 6.35. The molecular weight excluding hydrogens is 435 g/mol. The monoisotopic (exact) mass is 452 g/mol. The Morgan fingerprint density at radius 2 is 1.58 bits per heavy atom.